The minimum absolute atomic E-state index is 0.0780. The van der Waals surface area contributed by atoms with E-state index in [-0.39, 0.29) is 24.0 Å². The van der Waals surface area contributed by atoms with Crippen molar-refractivity contribution in [1.82, 2.24) is 5.32 Å². The van der Waals surface area contributed by atoms with E-state index in [0.717, 1.165) is 18.5 Å². The molecule has 2 amide bonds. The Hall–Kier alpha value is -2.04. The fourth-order valence-electron chi connectivity index (χ4n) is 2.15. The van der Waals surface area contributed by atoms with E-state index in [1.807, 2.05) is 30.3 Å². The molecule has 1 aliphatic heterocycles. The first-order valence-electron chi connectivity index (χ1n) is 6.55. The lowest BCUT2D eigenvalue weighted by Crippen LogP contribution is -2.35. The molecule has 1 N–H and O–H groups in total. The molecule has 3 rings (SSSR count). The van der Waals surface area contributed by atoms with E-state index in [4.69, 9.17) is 4.74 Å². The fraction of sp³-hybridized carbons (Fsp3) is 0.429. The molecular weight excluding hydrogens is 244 g/mol. The number of carbonyl (C=O) groups is 2. The monoisotopic (exact) mass is 260 g/mol. The lowest BCUT2D eigenvalue weighted by atomic mass is 10.2. The van der Waals surface area contributed by atoms with E-state index >= 15 is 0 Å². The number of nitrogens with one attached hydrogen (secondary N) is 1. The zero-order chi connectivity index (χ0) is 13.2. The van der Waals surface area contributed by atoms with Crippen LogP contribution in [0.2, 0.25) is 0 Å². The number of ether oxygens (including phenoxy) is 1. The summed E-state index contributed by atoms with van der Waals surface area (Å²) in [5.41, 5.74) is 0.823. The van der Waals surface area contributed by atoms with Gasteiger partial charge in [-0.3, -0.25) is 9.69 Å². The van der Waals surface area contributed by atoms with Crippen molar-refractivity contribution in [2.45, 2.75) is 18.9 Å². The number of hydrogen-bond donors (Lipinski definition) is 1. The van der Waals surface area contributed by atoms with Crippen LogP contribution in [0.5, 0.6) is 0 Å². The normalized spacial score (nSPS) is 22.2. The van der Waals surface area contributed by atoms with Gasteiger partial charge in [0, 0.05) is 11.6 Å². The molecule has 1 saturated heterocycles. The molecule has 1 saturated carbocycles. The van der Waals surface area contributed by atoms with Crippen molar-refractivity contribution in [3.8, 4) is 0 Å². The molecule has 5 nitrogen and oxygen atoms in total. The highest BCUT2D eigenvalue weighted by Crippen LogP contribution is 2.28. The summed E-state index contributed by atoms with van der Waals surface area (Å²) in [5.74, 6) is 0.261. The van der Waals surface area contributed by atoms with Gasteiger partial charge in [-0.2, -0.15) is 0 Å². The lowest BCUT2D eigenvalue weighted by Gasteiger charge is -2.12. The molecule has 0 radical (unpaired) electrons. The zero-order valence-corrected chi connectivity index (χ0v) is 10.5. The van der Waals surface area contributed by atoms with Crippen molar-refractivity contribution < 1.29 is 14.3 Å². The third kappa shape index (κ3) is 2.70. The van der Waals surface area contributed by atoms with Crippen molar-refractivity contribution in [2.75, 3.05) is 18.0 Å². The van der Waals surface area contributed by atoms with Gasteiger partial charge in [0.2, 0.25) is 5.91 Å². The van der Waals surface area contributed by atoms with Crippen LogP contribution in [0.3, 0.4) is 0 Å². The molecule has 0 bridgehead atoms. The molecule has 1 heterocycles. The number of rotatable bonds is 4. The van der Waals surface area contributed by atoms with Crippen LogP contribution in [-0.2, 0) is 9.53 Å². The van der Waals surface area contributed by atoms with E-state index in [1.165, 1.54) is 0 Å². The van der Waals surface area contributed by atoms with Gasteiger partial charge in [0.05, 0.1) is 13.1 Å². The first kappa shape index (κ1) is 12.0. The van der Waals surface area contributed by atoms with Gasteiger partial charge in [-0.25, -0.2) is 4.79 Å². The number of benzene rings is 1. The molecule has 5 heteroatoms. The molecule has 1 aromatic carbocycles. The Balaban J connectivity index is 1.56. The van der Waals surface area contributed by atoms with Crippen molar-refractivity contribution in [3.63, 3.8) is 0 Å². The molecule has 19 heavy (non-hydrogen) atoms. The number of hydrogen-bond acceptors (Lipinski definition) is 3. The van der Waals surface area contributed by atoms with Gasteiger partial charge in [0.15, 0.2) is 0 Å². The van der Waals surface area contributed by atoms with Gasteiger partial charge in [-0.15, -0.1) is 0 Å². The number of amides is 2. The van der Waals surface area contributed by atoms with Gasteiger partial charge in [-0.1, -0.05) is 18.2 Å². The molecule has 0 aromatic heterocycles. The summed E-state index contributed by atoms with van der Waals surface area (Å²) in [6.07, 6.45) is 1.34. The standard InChI is InChI=1S/C14H16N2O3/c17-13(10-6-7-10)15-8-12-9-16(14(18)19-12)11-4-2-1-3-5-11/h1-5,10,12H,6-9H2,(H,15,17). The Kier molecular flexibility index (Phi) is 3.11. The Morgan fingerprint density at radius 2 is 2.05 bits per heavy atom. The number of carbonyl (C=O) groups excluding carboxylic acids is 2. The summed E-state index contributed by atoms with van der Waals surface area (Å²) in [5, 5.41) is 2.84. The van der Waals surface area contributed by atoms with Crippen LogP contribution in [0.15, 0.2) is 30.3 Å². The van der Waals surface area contributed by atoms with E-state index < -0.39 is 0 Å². The van der Waals surface area contributed by atoms with Crippen LogP contribution >= 0.6 is 0 Å². The maximum Gasteiger partial charge on any atom is 0.414 e. The molecule has 2 fully saturated rings. The van der Waals surface area contributed by atoms with Crippen LogP contribution in [0.25, 0.3) is 0 Å². The number of para-hydroxylation sites is 1. The predicted molar refractivity (Wildman–Crippen MR) is 69.8 cm³/mol. The van der Waals surface area contributed by atoms with Crippen LogP contribution in [0, 0.1) is 5.92 Å². The van der Waals surface area contributed by atoms with Crippen molar-refractivity contribution in [2.24, 2.45) is 5.92 Å². The molecule has 2 aliphatic rings. The Labute approximate surface area is 111 Å². The van der Waals surface area contributed by atoms with Gasteiger partial charge < -0.3 is 10.1 Å². The minimum atomic E-state index is -0.350. The van der Waals surface area contributed by atoms with Crippen LogP contribution < -0.4 is 10.2 Å². The first-order valence-corrected chi connectivity index (χ1v) is 6.55. The predicted octanol–water partition coefficient (Wildman–Crippen LogP) is 1.54. The molecule has 1 unspecified atom stereocenters. The van der Waals surface area contributed by atoms with Crippen molar-refractivity contribution in [3.05, 3.63) is 30.3 Å². The fourth-order valence-corrected chi connectivity index (χ4v) is 2.15. The maximum absolute atomic E-state index is 11.8. The quantitative estimate of drug-likeness (QED) is 0.893. The topological polar surface area (TPSA) is 58.6 Å². The molecule has 0 spiro atoms. The van der Waals surface area contributed by atoms with Gasteiger partial charge in [0.1, 0.15) is 6.10 Å². The van der Waals surface area contributed by atoms with Gasteiger partial charge in [0.25, 0.3) is 0 Å². The van der Waals surface area contributed by atoms with E-state index in [1.54, 1.807) is 4.90 Å². The summed E-state index contributed by atoms with van der Waals surface area (Å²) in [7, 11) is 0. The summed E-state index contributed by atoms with van der Waals surface area (Å²) >= 11 is 0. The highest BCUT2D eigenvalue weighted by Gasteiger charge is 2.34. The van der Waals surface area contributed by atoms with Crippen LogP contribution in [-0.4, -0.2) is 31.2 Å². The summed E-state index contributed by atoms with van der Waals surface area (Å²) < 4.78 is 5.25. The summed E-state index contributed by atoms with van der Waals surface area (Å²) in [6.45, 7) is 0.873. The molecule has 100 valence electrons. The number of anilines is 1. The molecular formula is C14H16N2O3. The average Bonchev–Trinajstić information content (AvgIpc) is 3.21. The average molecular weight is 260 g/mol. The third-order valence-electron chi connectivity index (χ3n) is 3.39. The van der Waals surface area contributed by atoms with Gasteiger partial charge in [-0.05, 0) is 25.0 Å². The summed E-state index contributed by atoms with van der Waals surface area (Å²) in [6, 6.07) is 9.40. The highest BCUT2D eigenvalue weighted by atomic mass is 16.6. The maximum atomic E-state index is 11.8. The smallest absolute Gasteiger partial charge is 0.414 e. The first-order chi connectivity index (χ1) is 9.24. The van der Waals surface area contributed by atoms with Crippen molar-refractivity contribution >= 4 is 17.7 Å². The molecule has 1 atom stereocenters. The highest BCUT2D eigenvalue weighted by molar-refractivity contribution is 5.89. The van der Waals surface area contributed by atoms with E-state index in [2.05, 4.69) is 5.32 Å². The Morgan fingerprint density at radius 3 is 2.74 bits per heavy atom. The number of nitrogens with zero attached hydrogens (tertiary/aromatic N) is 1. The second kappa shape index (κ2) is 4.91. The van der Waals surface area contributed by atoms with E-state index in [0.29, 0.717) is 13.1 Å². The lowest BCUT2D eigenvalue weighted by molar-refractivity contribution is -0.122. The number of cyclic esters (lactones) is 1. The van der Waals surface area contributed by atoms with E-state index in [9.17, 15) is 9.59 Å². The third-order valence-corrected chi connectivity index (χ3v) is 3.39. The second-order valence-corrected chi connectivity index (χ2v) is 4.97. The van der Waals surface area contributed by atoms with Crippen LogP contribution in [0.4, 0.5) is 10.5 Å². The largest absolute Gasteiger partial charge is 0.442 e. The van der Waals surface area contributed by atoms with Crippen molar-refractivity contribution in [1.29, 1.82) is 0 Å². The second-order valence-electron chi connectivity index (χ2n) is 4.97. The van der Waals surface area contributed by atoms with Crippen LogP contribution in [0.1, 0.15) is 12.8 Å². The molecule has 1 aliphatic carbocycles. The Bertz CT molecular complexity index is 485. The summed E-state index contributed by atoms with van der Waals surface area (Å²) in [4.78, 5) is 24.9. The SMILES string of the molecule is O=C(NCC1CN(c2ccccc2)C(=O)O1)C1CC1. The Morgan fingerprint density at radius 1 is 1.32 bits per heavy atom. The molecule has 1 aromatic rings. The van der Waals surface area contributed by atoms with Gasteiger partial charge >= 0.3 is 6.09 Å². The minimum Gasteiger partial charge on any atom is -0.442 e. The zero-order valence-electron chi connectivity index (χ0n) is 10.5.